The molecule has 2 aromatic heterocycles. The maximum Gasteiger partial charge on any atom is 0.344 e. The fourth-order valence-corrected chi connectivity index (χ4v) is 6.07. The Labute approximate surface area is 232 Å². The van der Waals surface area contributed by atoms with Crippen LogP contribution in [0.15, 0.2) is 93.2 Å². The molecule has 4 aromatic rings. The van der Waals surface area contributed by atoms with Gasteiger partial charge in [-0.2, -0.15) is 0 Å². The van der Waals surface area contributed by atoms with Crippen LogP contribution in [-0.2, 0) is 14.3 Å². The van der Waals surface area contributed by atoms with Crippen LogP contribution in [0.3, 0.4) is 0 Å². The SMILES string of the molecule is CCOC(=O)COc1ccc(/C=c2\sc3n(c2=O)[C@H](c2cccs2)C(C(=O)Nc2ccccc2)=C(C)N=3)cc1. The number of ether oxygens (including phenoxy) is 2. The Morgan fingerprint density at radius 1 is 1.08 bits per heavy atom. The number of amides is 1. The summed E-state index contributed by atoms with van der Waals surface area (Å²) in [6, 6.07) is 19.5. The number of esters is 1. The van der Waals surface area contributed by atoms with Gasteiger partial charge in [-0.15, -0.1) is 11.3 Å². The van der Waals surface area contributed by atoms with E-state index >= 15 is 0 Å². The Kier molecular flexibility index (Phi) is 7.85. The van der Waals surface area contributed by atoms with Crippen molar-refractivity contribution in [3.05, 3.63) is 114 Å². The van der Waals surface area contributed by atoms with Crippen LogP contribution in [0.4, 0.5) is 5.69 Å². The summed E-state index contributed by atoms with van der Waals surface area (Å²) in [5, 5.41) is 4.88. The Hall–Kier alpha value is -4.28. The highest BCUT2D eigenvalue weighted by atomic mass is 32.1. The van der Waals surface area contributed by atoms with Crippen molar-refractivity contribution < 1.29 is 19.1 Å². The van der Waals surface area contributed by atoms with Crippen molar-refractivity contribution in [3.8, 4) is 5.75 Å². The molecule has 0 aliphatic carbocycles. The molecule has 0 saturated carbocycles. The van der Waals surface area contributed by atoms with E-state index in [1.54, 1.807) is 48.8 Å². The number of carbonyl (C=O) groups is 2. The largest absolute Gasteiger partial charge is 0.482 e. The summed E-state index contributed by atoms with van der Waals surface area (Å²) in [5.41, 5.74) is 2.23. The number of para-hydroxylation sites is 1. The van der Waals surface area contributed by atoms with Gasteiger partial charge in [0.2, 0.25) is 0 Å². The summed E-state index contributed by atoms with van der Waals surface area (Å²) < 4.78 is 12.4. The standard InChI is InChI=1S/C29H25N3O5S2/c1-3-36-24(33)17-37-21-13-11-19(12-14-21)16-23-28(35)32-26(22-10-7-15-38-22)25(18(2)30-29(32)39-23)27(34)31-20-8-5-4-6-9-20/h4-16,26H,3,17H2,1-2H3,(H,31,34)/b23-16-/t26-/m1/s1. The second-order valence-corrected chi connectivity index (χ2v) is 10.6. The fourth-order valence-electron chi connectivity index (χ4n) is 4.20. The van der Waals surface area contributed by atoms with Gasteiger partial charge >= 0.3 is 5.97 Å². The number of hydrogen-bond acceptors (Lipinski definition) is 8. The summed E-state index contributed by atoms with van der Waals surface area (Å²) >= 11 is 2.77. The molecule has 39 heavy (non-hydrogen) atoms. The minimum Gasteiger partial charge on any atom is -0.482 e. The van der Waals surface area contributed by atoms with E-state index in [-0.39, 0.29) is 18.1 Å². The van der Waals surface area contributed by atoms with Crippen molar-refractivity contribution in [1.82, 2.24) is 4.57 Å². The van der Waals surface area contributed by atoms with E-state index in [0.29, 0.717) is 38.6 Å². The molecular weight excluding hydrogens is 534 g/mol. The normalized spacial score (nSPS) is 14.9. The highest BCUT2D eigenvalue weighted by Crippen LogP contribution is 2.33. The lowest BCUT2D eigenvalue weighted by atomic mass is 10.0. The van der Waals surface area contributed by atoms with Crippen LogP contribution in [0.25, 0.3) is 6.08 Å². The molecule has 0 spiro atoms. The summed E-state index contributed by atoms with van der Waals surface area (Å²) in [6.07, 6.45) is 1.79. The zero-order valence-corrected chi connectivity index (χ0v) is 22.9. The second-order valence-electron chi connectivity index (χ2n) is 8.58. The van der Waals surface area contributed by atoms with Gasteiger partial charge < -0.3 is 14.8 Å². The van der Waals surface area contributed by atoms with Crippen LogP contribution in [0.5, 0.6) is 5.75 Å². The van der Waals surface area contributed by atoms with Gasteiger partial charge in [-0.1, -0.05) is 47.7 Å². The maximum atomic E-state index is 13.7. The Morgan fingerprint density at radius 3 is 2.54 bits per heavy atom. The number of thiazole rings is 1. The van der Waals surface area contributed by atoms with Gasteiger partial charge in [-0.3, -0.25) is 14.2 Å². The van der Waals surface area contributed by atoms with Crippen molar-refractivity contribution >= 4 is 46.3 Å². The molecule has 0 saturated heterocycles. The second kappa shape index (κ2) is 11.6. The fraction of sp³-hybridized carbons (Fsp3) is 0.172. The molecule has 0 fully saturated rings. The summed E-state index contributed by atoms with van der Waals surface area (Å²) in [7, 11) is 0. The molecule has 1 aliphatic rings. The molecule has 8 nitrogen and oxygen atoms in total. The number of nitrogens with one attached hydrogen (secondary N) is 1. The van der Waals surface area contributed by atoms with Crippen LogP contribution in [0.1, 0.15) is 30.3 Å². The van der Waals surface area contributed by atoms with Crippen molar-refractivity contribution in [2.75, 3.05) is 18.5 Å². The first-order valence-corrected chi connectivity index (χ1v) is 13.9. The Bertz CT molecular complexity index is 1700. The highest BCUT2D eigenvalue weighted by Gasteiger charge is 2.33. The molecule has 198 valence electrons. The molecule has 1 N–H and O–H groups in total. The van der Waals surface area contributed by atoms with Gasteiger partial charge in [0.25, 0.3) is 11.5 Å². The lowest BCUT2D eigenvalue weighted by Crippen LogP contribution is -2.40. The predicted molar refractivity (Wildman–Crippen MR) is 152 cm³/mol. The lowest BCUT2D eigenvalue weighted by molar-refractivity contribution is -0.145. The van der Waals surface area contributed by atoms with Crippen molar-refractivity contribution in [3.63, 3.8) is 0 Å². The zero-order valence-electron chi connectivity index (χ0n) is 21.2. The number of nitrogens with zero attached hydrogens (tertiary/aromatic N) is 2. The molecular formula is C29H25N3O5S2. The van der Waals surface area contributed by atoms with Crippen molar-refractivity contribution in [2.45, 2.75) is 19.9 Å². The predicted octanol–water partition coefficient (Wildman–Crippen LogP) is 3.88. The monoisotopic (exact) mass is 559 g/mol. The number of aromatic nitrogens is 1. The zero-order chi connectivity index (χ0) is 27.4. The third-order valence-electron chi connectivity index (χ3n) is 5.95. The number of benzene rings is 2. The molecule has 0 bridgehead atoms. The minimum absolute atomic E-state index is 0.173. The van der Waals surface area contributed by atoms with Gasteiger partial charge in [0.1, 0.15) is 11.8 Å². The van der Waals surface area contributed by atoms with E-state index < -0.39 is 12.0 Å². The quantitative estimate of drug-likeness (QED) is 0.331. The van der Waals surface area contributed by atoms with E-state index in [9.17, 15) is 14.4 Å². The van der Waals surface area contributed by atoms with E-state index in [4.69, 9.17) is 9.47 Å². The maximum absolute atomic E-state index is 13.7. The molecule has 0 radical (unpaired) electrons. The number of fused-ring (bicyclic) bond motifs is 1. The number of rotatable bonds is 8. The molecule has 1 atom stereocenters. The van der Waals surface area contributed by atoms with Crippen molar-refractivity contribution in [2.24, 2.45) is 4.99 Å². The smallest absolute Gasteiger partial charge is 0.344 e. The Morgan fingerprint density at radius 2 is 1.85 bits per heavy atom. The molecule has 3 heterocycles. The lowest BCUT2D eigenvalue weighted by Gasteiger charge is -2.24. The van der Waals surface area contributed by atoms with Gasteiger partial charge in [-0.25, -0.2) is 9.79 Å². The van der Waals surface area contributed by atoms with Crippen LogP contribution in [0.2, 0.25) is 0 Å². The third kappa shape index (κ3) is 5.76. The number of carbonyl (C=O) groups excluding carboxylic acids is 2. The van der Waals surface area contributed by atoms with Crippen LogP contribution in [0, 0.1) is 0 Å². The molecule has 1 aliphatic heterocycles. The van der Waals surface area contributed by atoms with Gasteiger partial charge in [-0.05, 0) is 61.2 Å². The molecule has 1 amide bonds. The minimum atomic E-state index is -0.592. The first-order chi connectivity index (χ1) is 18.9. The number of hydrogen-bond donors (Lipinski definition) is 1. The summed E-state index contributed by atoms with van der Waals surface area (Å²) in [5.74, 6) is -0.215. The molecule has 10 heteroatoms. The Balaban J connectivity index is 1.48. The van der Waals surface area contributed by atoms with Gasteiger partial charge in [0.15, 0.2) is 11.4 Å². The van der Waals surface area contributed by atoms with Crippen LogP contribution in [-0.4, -0.2) is 29.7 Å². The third-order valence-corrected chi connectivity index (χ3v) is 7.86. The number of anilines is 1. The molecule has 0 unspecified atom stereocenters. The number of thiophene rings is 1. The highest BCUT2D eigenvalue weighted by molar-refractivity contribution is 7.10. The van der Waals surface area contributed by atoms with E-state index in [2.05, 4.69) is 10.3 Å². The first-order valence-electron chi connectivity index (χ1n) is 12.3. The summed E-state index contributed by atoms with van der Waals surface area (Å²) in [4.78, 5) is 44.8. The van der Waals surface area contributed by atoms with Gasteiger partial charge in [0.05, 0.1) is 22.4 Å². The summed E-state index contributed by atoms with van der Waals surface area (Å²) in [6.45, 7) is 3.66. The van der Waals surface area contributed by atoms with E-state index in [0.717, 1.165) is 10.4 Å². The van der Waals surface area contributed by atoms with Crippen molar-refractivity contribution in [1.29, 1.82) is 0 Å². The van der Waals surface area contributed by atoms with E-state index in [1.165, 1.54) is 22.7 Å². The topological polar surface area (TPSA) is 99.0 Å². The average molecular weight is 560 g/mol. The molecule has 2 aromatic carbocycles. The first kappa shape index (κ1) is 26.3. The molecule has 5 rings (SSSR count). The van der Waals surface area contributed by atoms with Gasteiger partial charge in [0, 0.05) is 10.6 Å². The number of allylic oxidation sites excluding steroid dienone is 1. The van der Waals surface area contributed by atoms with E-state index in [1.807, 2.05) is 47.8 Å². The van der Waals surface area contributed by atoms with Crippen LogP contribution >= 0.6 is 22.7 Å². The average Bonchev–Trinajstić information content (AvgIpc) is 3.57. The van der Waals surface area contributed by atoms with Crippen LogP contribution < -0.4 is 24.9 Å².